The summed E-state index contributed by atoms with van der Waals surface area (Å²) in [6, 6.07) is 10.4. The van der Waals surface area contributed by atoms with Crippen LogP contribution in [0.15, 0.2) is 41.8 Å². The van der Waals surface area contributed by atoms with E-state index in [-0.39, 0.29) is 5.71 Å². The van der Waals surface area contributed by atoms with E-state index in [2.05, 4.69) is 26.4 Å². The van der Waals surface area contributed by atoms with E-state index in [0.717, 1.165) is 5.56 Å². The van der Waals surface area contributed by atoms with Crippen molar-refractivity contribution in [2.24, 2.45) is 5.10 Å². The summed E-state index contributed by atoms with van der Waals surface area (Å²) in [4.78, 5) is 8.32. The maximum absolute atomic E-state index is 8.57. The Balaban J connectivity index is 2.16. The van der Waals surface area contributed by atoms with Crippen LogP contribution in [0.25, 0.3) is 11.4 Å². The van der Waals surface area contributed by atoms with Gasteiger partial charge in [0.25, 0.3) is 0 Å². The molecule has 0 radical (unpaired) electrons. The van der Waals surface area contributed by atoms with Gasteiger partial charge in [0.2, 0.25) is 5.71 Å². The minimum Gasteiger partial charge on any atom is -0.277 e. The Hall–Kier alpha value is -3.69. The zero-order valence-electron chi connectivity index (χ0n) is 10.8. The molecular weight excluding hydrogens is 264 g/mol. The molecular formula is C15H8N6. The fraction of sp³-hybridized carbons (Fsp3) is 0. The quantitative estimate of drug-likeness (QED) is 0.523. The van der Waals surface area contributed by atoms with Crippen LogP contribution in [-0.2, 0) is 0 Å². The van der Waals surface area contributed by atoms with Crippen LogP contribution < -0.4 is 5.43 Å². The fourth-order valence-electron chi connectivity index (χ4n) is 1.44. The molecule has 98 valence electrons. The van der Waals surface area contributed by atoms with Gasteiger partial charge < -0.3 is 0 Å². The molecule has 0 amide bonds. The largest absolute Gasteiger partial charge is 0.277 e. The number of hydrogen-bond acceptors (Lipinski definition) is 6. The van der Waals surface area contributed by atoms with Crippen molar-refractivity contribution < 1.29 is 0 Å². The molecule has 2 aromatic rings. The standard InChI is InChI=1S/C15H8N6/c1-2-11-9-18-15(19-10-11)12-3-5-13(6-4-12)20-21-14(7-16)8-17/h1,3-6,9-10,20H. The van der Waals surface area contributed by atoms with E-state index >= 15 is 0 Å². The highest BCUT2D eigenvalue weighted by atomic mass is 15.3. The van der Waals surface area contributed by atoms with E-state index < -0.39 is 0 Å². The Morgan fingerprint density at radius 3 is 2.24 bits per heavy atom. The van der Waals surface area contributed by atoms with Gasteiger partial charge in [-0.2, -0.15) is 15.6 Å². The summed E-state index contributed by atoms with van der Waals surface area (Å²) < 4.78 is 0. The van der Waals surface area contributed by atoms with Gasteiger partial charge in [-0.05, 0) is 24.3 Å². The zero-order valence-corrected chi connectivity index (χ0v) is 10.8. The second-order valence-corrected chi connectivity index (χ2v) is 3.81. The molecule has 6 nitrogen and oxygen atoms in total. The van der Waals surface area contributed by atoms with Gasteiger partial charge in [0.15, 0.2) is 5.82 Å². The second kappa shape index (κ2) is 6.47. The maximum atomic E-state index is 8.57. The molecule has 1 N–H and O–H groups in total. The van der Waals surface area contributed by atoms with Crippen molar-refractivity contribution in [3.8, 4) is 35.9 Å². The van der Waals surface area contributed by atoms with E-state index in [1.165, 1.54) is 0 Å². The van der Waals surface area contributed by atoms with Crippen LogP contribution in [0.4, 0.5) is 5.69 Å². The van der Waals surface area contributed by atoms with Crippen LogP contribution >= 0.6 is 0 Å². The third kappa shape index (κ3) is 3.41. The van der Waals surface area contributed by atoms with Crippen molar-refractivity contribution in [1.82, 2.24) is 9.97 Å². The molecule has 6 heteroatoms. The summed E-state index contributed by atoms with van der Waals surface area (Å²) in [6.07, 6.45) is 8.39. The van der Waals surface area contributed by atoms with Gasteiger partial charge in [-0.15, -0.1) is 6.42 Å². The Morgan fingerprint density at radius 1 is 1.10 bits per heavy atom. The monoisotopic (exact) mass is 272 g/mol. The lowest BCUT2D eigenvalue weighted by Gasteiger charge is -2.02. The highest BCUT2D eigenvalue weighted by Crippen LogP contribution is 2.17. The van der Waals surface area contributed by atoms with Crippen molar-refractivity contribution in [3.63, 3.8) is 0 Å². The van der Waals surface area contributed by atoms with Gasteiger partial charge in [0.1, 0.15) is 12.1 Å². The molecule has 21 heavy (non-hydrogen) atoms. The van der Waals surface area contributed by atoms with E-state index in [1.54, 1.807) is 48.8 Å². The predicted octanol–water partition coefficient (Wildman–Crippen LogP) is 1.94. The number of nitriles is 2. The van der Waals surface area contributed by atoms with Gasteiger partial charge in [-0.3, -0.25) is 5.43 Å². The Morgan fingerprint density at radius 2 is 1.71 bits per heavy atom. The van der Waals surface area contributed by atoms with Crippen molar-refractivity contribution in [2.75, 3.05) is 5.43 Å². The van der Waals surface area contributed by atoms with Crippen molar-refractivity contribution in [1.29, 1.82) is 10.5 Å². The average Bonchev–Trinajstić information content (AvgIpc) is 2.56. The van der Waals surface area contributed by atoms with Crippen molar-refractivity contribution in [3.05, 3.63) is 42.2 Å². The summed E-state index contributed by atoms with van der Waals surface area (Å²) >= 11 is 0. The van der Waals surface area contributed by atoms with Crippen LogP contribution in [0.3, 0.4) is 0 Å². The number of nitrogens with one attached hydrogen (secondary N) is 1. The summed E-state index contributed by atoms with van der Waals surface area (Å²) in [6.45, 7) is 0. The van der Waals surface area contributed by atoms with Crippen LogP contribution in [0.2, 0.25) is 0 Å². The number of hydrogen-bond donors (Lipinski definition) is 1. The molecule has 1 aromatic heterocycles. The van der Waals surface area contributed by atoms with Gasteiger partial charge in [0.05, 0.1) is 11.3 Å². The number of aromatic nitrogens is 2. The lowest BCUT2D eigenvalue weighted by Crippen LogP contribution is -1.96. The highest BCUT2D eigenvalue weighted by Gasteiger charge is 2.01. The summed E-state index contributed by atoms with van der Waals surface area (Å²) in [5, 5.41) is 20.8. The molecule has 0 aliphatic heterocycles. The Labute approximate surface area is 121 Å². The molecule has 0 aliphatic carbocycles. The Bertz CT molecular complexity index is 767. The van der Waals surface area contributed by atoms with Crippen LogP contribution in [0.1, 0.15) is 5.56 Å². The van der Waals surface area contributed by atoms with Crippen molar-refractivity contribution in [2.45, 2.75) is 0 Å². The van der Waals surface area contributed by atoms with Crippen molar-refractivity contribution >= 4 is 11.4 Å². The van der Waals surface area contributed by atoms with Gasteiger partial charge >= 0.3 is 0 Å². The number of benzene rings is 1. The van der Waals surface area contributed by atoms with Gasteiger partial charge in [-0.25, -0.2) is 9.97 Å². The van der Waals surface area contributed by atoms with E-state index in [4.69, 9.17) is 16.9 Å². The molecule has 0 aliphatic rings. The molecule has 0 spiro atoms. The predicted molar refractivity (Wildman–Crippen MR) is 77.7 cm³/mol. The smallest absolute Gasteiger partial charge is 0.237 e. The first-order chi connectivity index (χ1) is 10.3. The van der Waals surface area contributed by atoms with Gasteiger partial charge in [-0.1, -0.05) is 5.92 Å². The average molecular weight is 272 g/mol. The molecule has 0 bridgehead atoms. The minimum atomic E-state index is -0.243. The van der Waals surface area contributed by atoms with Crippen LogP contribution in [0.5, 0.6) is 0 Å². The van der Waals surface area contributed by atoms with E-state index in [1.807, 2.05) is 0 Å². The summed E-state index contributed by atoms with van der Waals surface area (Å²) in [5.74, 6) is 3.01. The zero-order chi connectivity index (χ0) is 15.1. The van der Waals surface area contributed by atoms with Gasteiger partial charge in [0, 0.05) is 18.0 Å². The molecule has 0 saturated heterocycles. The molecule has 1 aromatic carbocycles. The van der Waals surface area contributed by atoms with Crippen LogP contribution in [0, 0.1) is 35.0 Å². The lowest BCUT2D eigenvalue weighted by atomic mass is 10.2. The molecule has 0 atom stereocenters. The number of rotatable bonds is 3. The molecule has 1 heterocycles. The highest BCUT2D eigenvalue weighted by molar-refractivity contribution is 6.10. The number of anilines is 1. The number of terminal acetylenes is 1. The molecule has 0 saturated carbocycles. The Kier molecular flexibility index (Phi) is 4.23. The lowest BCUT2D eigenvalue weighted by molar-refractivity contribution is 1.16. The third-order valence-electron chi connectivity index (χ3n) is 2.47. The topological polar surface area (TPSA) is 97.8 Å². The van der Waals surface area contributed by atoms with E-state index in [9.17, 15) is 0 Å². The molecule has 0 unspecified atom stereocenters. The minimum absolute atomic E-state index is 0.243. The van der Waals surface area contributed by atoms with E-state index in [0.29, 0.717) is 17.1 Å². The normalized spacial score (nSPS) is 8.81. The SMILES string of the molecule is C#Cc1cnc(-c2ccc(NN=C(C#N)C#N)cc2)nc1. The fourth-order valence-corrected chi connectivity index (χ4v) is 1.44. The third-order valence-corrected chi connectivity index (χ3v) is 2.47. The summed E-state index contributed by atoms with van der Waals surface area (Å²) in [5.41, 5.74) is 4.45. The molecule has 0 fully saturated rings. The molecule has 2 rings (SSSR count). The number of hydrazone groups is 1. The summed E-state index contributed by atoms with van der Waals surface area (Å²) in [7, 11) is 0. The number of nitrogens with zero attached hydrogens (tertiary/aromatic N) is 5. The maximum Gasteiger partial charge on any atom is 0.237 e. The first-order valence-electron chi connectivity index (χ1n) is 5.80. The van der Waals surface area contributed by atoms with Crippen LogP contribution in [-0.4, -0.2) is 15.7 Å². The first-order valence-corrected chi connectivity index (χ1v) is 5.80. The first kappa shape index (κ1) is 13.7. The second-order valence-electron chi connectivity index (χ2n) is 3.81.